The maximum absolute atomic E-state index is 11.2. The van der Waals surface area contributed by atoms with Crippen molar-refractivity contribution in [3.63, 3.8) is 0 Å². The van der Waals surface area contributed by atoms with Gasteiger partial charge in [-0.1, -0.05) is 11.6 Å². The molecule has 0 unspecified atom stereocenters. The van der Waals surface area contributed by atoms with Crippen LogP contribution in [-0.4, -0.2) is 30.1 Å². The third-order valence-electron chi connectivity index (χ3n) is 2.07. The molecule has 1 aromatic rings. The first kappa shape index (κ1) is 14.3. The van der Waals surface area contributed by atoms with Crippen molar-refractivity contribution in [1.29, 1.82) is 0 Å². The van der Waals surface area contributed by atoms with E-state index in [4.69, 9.17) is 21.4 Å². The van der Waals surface area contributed by atoms with E-state index in [-0.39, 0.29) is 18.9 Å². The lowest BCUT2D eigenvalue weighted by atomic mass is 10.3. The molecule has 1 amide bonds. The van der Waals surface area contributed by atoms with Gasteiger partial charge >= 0.3 is 5.97 Å². The van der Waals surface area contributed by atoms with Gasteiger partial charge in [-0.3, -0.25) is 9.59 Å². The lowest BCUT2D eigenvalue weighted by Crippen LogP contribution is -2.29. The average molecular weight is 272 g/mol. The van der Waals surface area contributed by atoms with Crippen LogP contribution >= 0.6 is 11.6 Å². The van der Waals surface area contributed by atoms with Gasteiger partial charge in [-0.2, -0.15) is 0 Å². The van der Waals surface area contributed by atoms with Gasteiger partial charge in [0.15, 0.2) is 0 Å². The molecule has 6 heteroatoms. The maximum Gasteiger partial charge on any atom is 0.322 e. The Balaban J connectivity index is 2.13. The Kier molecular flexibility index (Phi) is 6.00. The highest BCUT2D eigenvalue weighted by molar-refractivity contribution is 6.30. The third kappa shape index (κ3) is 6.10. The summed E-state index contributed by atoms with van der Waals surface area (Å²) in [5.74, 6) is -0.664. The number of hydrogen-bond acceptors (Lipinski definition) is 3. The predicted octanol–water partition coefficient (Wildman–Crippen LogP) is 1.70. The van der Waals surface area contributed by atoms with Crippen molar-refractivity contribution >= 4 is 23.5 Å². The van der Waals surface area contributed by atoms with E-state index in [1.807, 2.05) is 0 Å². The van der Waals surface area contributed by atoms with E-state index >= 15 is 0 Å². The minimum atomic E-state index is -1.05. The van der Waals surface area contributed by atoms with Crippen molar-refractivity contribution in [2.45, 2.75) is 12.8 Å². The van der Waals surface area contributed by atoms with Crippen molar-refractivity contribution in [1.82, 2.24) is 5.32 Å². The zero-order chi connectivity index (χ0) is 13.4. The Morgan fingerprint density at radius 2 is 1.94 bits per heavy atom. The number of carbonyl (C=O) groups excluding carboxylic acids is 1. The zero-order valence-electron chi connectivity index (χ0n) is 9.69. The number of aliphatic carboxylic acids is 1. The molecule has 0 saturated heterocycles. The summed E-state index contributed by atoms with van der Waals surface area (Å²) in [7, 11) is 0. The monoisotopic (exact) mass is 271 g/mol. The molecule has 0 heterocycles. The van der Waals surface area contributed by atoms with Gasteiger partial charge in [0.05, 0.1) is 6.61 Å². The second kappa shape index (κ2) is 7.55. The van der Waals surface area contributed by atoms with E-state index in [1.54, 1.807) is 24.3 Å². The van der Waals surface area contributed by atoms with Crippen LogP contribution < -0.4 is 10.1 Å². The van der Waals surface area contributed by atoms with Gasteiger partial charge in [0, 0.05) is 11.4 Å². The Bertz CT molecular complexity index is 405. The highest BCUT2D eigenvalue weighted by Gasteiger charge is 2.03. The van der Waals surface area contributed by atoms with Crippen LogP contribution in [0.15, 0.2) is 24.3 Å². The molecule has 0 radical (unpaired) electrons. The second-order valence-electron chi connectivity index (χ2n) is 3.58. The number of amides is 1. The van der Waals surface area contributed by atoms with E-state index in [1.165, 1.54) is 0 Å². The molecule has 2 N–H and O–H groups in total. The normalized spacial score (nSPS) is 9.83. The Morgan fingerprint density at radius 1 is 1.28 bits per heavy atom. The van der Waals surface area contributed by atoms with E-state index in [0.29, 0.717) is 23.8 Å². The molecule has 0 fully saturated rings. The number of carbonyl (C=O) groups is 2. The molecule has 5 nitrogen and oxygen atoms in total. The number of hydrogen-bond donors (Lipinski definition) is 2. The summed E-state index contributed by atoms with van der Waals surface area (Å²) >= 11 is 5.72. The topological polar surface area (TPSA) is 75.6 Å². The largest absolute Gasteiger partial charge is 0.494 e. The van der Waals surface area contributed by atoms with Crippen molar-refractivity contribution in [2.75, 3.05) is 13.2 Å². The van der Waals surface area contributed by atoms with Crippen molar-refractivity contribution in [3.8, 4) is 5.75 Å². The lowest BCUT2D eigenvalue weighted by Gasteiger charge is -2.06. The third-order valence-corrected chi connectivity index (χ3v) is 2.32. The van der Waals surface area contributed by atoms with Gasteiger partial charge in [0.1, 0.15) is 12.3 Å². The van der Waals surface area contributed by atoms with Crippen molar-refractivity contribution in [3.05, 3.63) is 29.3 Å². The van der Waals surface area contributed by atoms with Gasteiger partial charge < -0.3 is 15.2 Å². The van der Waals surface area contributed by atoms with Crippen LogP contribution in [0.1, 0.15) is 12.8 Å². The number of halogens is 1. The predicted molar refractivity (Wildman–Crippen MR) is 66.8 cm³/mol. The van der Waals surface area contributed by atoms with Crippen molar-refractivity contribution < 1.29 is 19.4 Å². The number of nitrogens with one attached hydrogen (secondary N) is 1. The van der Waals surface area contributed by atoms with Gasteiger partial charge in [0.2, 0.25) is 5.91 Å². The molecule has 0 saturated carbocycles. The van der Waals surface area contributed by atoms with E-state index < -0.39 is 5.97 Å². The van der Waals surface area contributed by atoms with Gasteiger partial charge in [-0.25, -0.2) is 0 Å². The summed E-state index contributed by atoms with van der Waals surface area (Å²) in [6, 6.07) is 6.92. The number of ether oxygens (including phenoxy) is 1. The maximum atomic E-state index is 11.2. The summed E-state index contributed by atoms with van der Waals surface area (Å²) in [5, 5.41) is 11.3. The summed E-state index contributed by atoms with van der Waals surface area (Å²) in [5.41, 5.74) is 0. The molecule has 0 aliphatic rings. The van der Waals surface area contributed by atoms with Gasteiger partial charge in [-0.05, 0) is 30.7 Å². The Morgan fingerprint density at radius 3 is 2.56 bits per heavy atom. The molecular weight excluding hydrogens is 258 g/mol. The Labute approximate surface area is 110 Å². The molecule has 0 bridgehead atoms. The molecule has 0 aromatic heterocycles. The summed E-state index contributed by atoms with van der Waals surface area (Å²) in [6.45, 7) is 0.0407. The molecule has 0 aliphatic carbocycles. The SMILES string of the molecule is O=C(O)CNC(=O)CCCOc1ccc(Cl)cc1. The molecule has 1 aromatic carbocycles. The first-order valence-corrected chi connectivity index (χ1v) is 5.82. The van der Waals surface area contributed by atoms with Crippen LogP contribution in [-0.2, 0) is 9.59 Å². The van der Waals surface area contributed by atoms with Gasteiger partial charge in [0.25, 0.3) is 0 Å². The van der Waals surface area contributed by atoms with Crippen LogP contribution in [0.3, 0.4) is 0 Å². The Hall–Kier alpha value is -1.75. The average Bonchev–Trinajstić information content (AvgIpc) is 2.34. The fraction of sp³-hybridized carbons (Fsp3) is 0.333. The summed E-state index contributed by atoms with van der Waals surface area (Å²) in [6.07, 6.45) is 0.759. The lowest BCUT2D eigenvalue weighted by molar-refractivity contribution is -0.137. The van der Waals surface area contributed by atoms with Crippen LogP contribution in [0.25, 0.3) is 0 Å². The summed E-state index contributed by atoms with van der Waals surface area (Å²) < 4.78 is 5.38. The fourth-order valence-corrected chi connectivity index (χ4v) is 1.34. The van der Waals surface area contributed by atoms with Gasteiger partial charge in [-0.15, -0.1) is 0 Å². The van der Waals surface area contributed by atoms with Crippen molar-refractivity contribution in [2.24, 2.45) is 0 Å². The standard InChI is InChI=1S/C12H14ClNO4/c13-9-3-5-10(6-4-9)18-7-1-2-11(15)14-8-12(16)17/h3-6H,1-2,7-8H2,(H,14,15)(H,16,17). The minimum absolute atomic E-state index is 0.237. The number of carboxylic acid groups (broad SMARTS) is 1. The number of benzene rings is 1. The molecule has 0 aliphatic heterocycles. The van der Waals surface area contributed by atoms with Crippen LogP contribution in [0.2, 0.25) is 5.02 Å². The molecule has 18 heavy (non-hydrogen) atoms. The van der Waals surface area contributed by atoms with Crippen LogP contribution in [0.5, 0.6) is 5.75 Å². The highest BCUT2D eigenvalue weighted by Crippen LogP contribution is 2.15. The summed E-state index contributed by atoms with van der Waals surface area (Å²) in [4.78, 5) is 21.4. The van der Waals surface area contributed by atoms with Crippen LogP contribution in [0.4, 0.5) is 0 Å². The smallest absolute Gasteiger partial charge is 0.322 e. The molecule has 0 spiro atoms. The first-order valence-electron chi connectivity index (χ1n) is 5.45. The molecule has 98 valence electrons. The number of carboxylic acids is 1. The quantitative estimate of drug-likeness (QED) is 0.740. The molecule has 1 rings (SSSR count). The molecule has 0 atom stereocenters. The fourth-order valence-electron chi connectivity index (χ4n) is 1.22. The second-order valence-corrected chi connectivity index (χ2v) is 4.01. The number of rotatable bonds is 7. The van der Waals surface area contributed by atoms with E-state index in [0.717, 1.165) is 0 Å². The van der Waals surface area contributed by atoms with Crippen LogP contribution in [0, 0.1) is 0 Å². The van der Waals surface area contributed by atoms with E-state index in [9.17, 15) is 9.59 Å². The molecular formula is C12H14ClNO4. The van der Waals surface area contributed by atoms with E-state index in [2.05, 4.69) is 5.32 Å². The highest BCUT2D eigenvalue weighted by atomic mass is 35.5. The first-order chi connectivity index (χ1) is 8.58. The zero-order valence-corrected chi connectivity index (χ0v) is 10.4. The minimum Gasteiger partial charge on any atom is -0.494 e.